The fourth-order valence-corrected chi connectivity index (χ4v) is 3.03. The summed E-state index contributed by atoms with van der Waals surface area (Å²) >= 11 is 3.00. The van der Waals surface area contributed by atoms with Gasteiger partial charge in [0.25, 0.3) is 0 Å². The van der Waals surface area contributed by atoms with Crippen LogP contribution in [0.15, 0.2) is 0 Å². The molecule has 0 fully saturated rings. The maximum absolute atomic E-state index is 12.2. The summed E-state index contributed by atoms with van der Waals surface area (Å²) in [5.74, 6) is -0.250. The maximum atomic E-state index is 12.2. The Hall–Kier alpha value is 0.1000. The fraction of sp³-hybridized carbons (Fsp3) is 0.889. The van der Waals surface area contributed by atoms with E-state index in [0.717, 1.165) is 0 Å². The molecule has 0 aliphatic heterocycles. The monoisotopic (exact) mass is 315 g/mol. The minimum atomic E-state index is -3.25. The van der Waals surface area contributed by atoms with Gasteiger partial charge in [-0.3, -0.25) is 9.36 Å². The van der Waals surface area contributed by atoms with Gasteiger partial charge in [-0.1, -0.05) is 15.9 Å². The molecule has 0 spiro atoms. The van der Waals surface area contributed by atoms with Crippen molar-refractivity contribution in [2.75, 3.05) is 11.6 Å². The molecule has 16 heavy (non-hydrogen) atoms. The molecule has 0 aliphatic carbocycles. The predicted molar refractivity (Wildman–Crippen MR) is 66.9 cm³/mol. The predicted octanol–water partition coefficient (Wildman–Crippen LogP) is 2.50. The largest absolute Gasteiger partial charge is 0.350 e. The minimum Gasteiger partial charge on any atom is -0.344 e. The second-order valence-electron chi connectivity index (χ2n) is 3.81. The minimum absolute atomic E-state index is 0.103. The molecular formula is C9H19BrNO4P. The van der Waals surface area contributed by atoms with Gasteiger partial charge in [-0.05, 0) is 27.7 Å². The third kappa shape index (κ3) is 7.39. The highest BCUT2D eigenvalue weighted by atomic mass is 79.9. The average molecular weight is 316 g/mol. The fourth-order valence-electron chi connectivity index (χ4n) is 0.974. The molecule has 1 amide bonds. The first-order chi connectivity index (χ1) is 7.29. The second-order valence-corrected chi connectivity index (χ2v) is 6.33. The summed E-state index contributed by atoms with van der Waals surface area (Å²) in [6, 6.07) is 0. The molecule has 7 heteroatoms. The first-order valence-electron chi connectivity index (χ1n) is 5.07. The SMILES string of the molecule is CC(C)OP(=O)(CNC(=O)CBr)OC(C)C. The molecule has 96 valence electrons. The zero-order valence-corrected chi connectivity index (χ0v) is 12.5. The van der Waals surface area contributed by atoms with Crippen LogP contribution in [0.5, 0.6) is 0 Å². The van der Waals surface area contributed by atoms with E-state index in [4.69, 9.17) is 9.05 Å². The number of carbonyl (C=O) groups is 1. The van der Waals surface area contributed by atoms with Crippen molar-refractivity contribution in [2.45, 2.75) is 39.9 Å². The van der Waals surface area contributed by atoms with Crippen molar-refractivity contribution < 1.29 is 18.4 Å². The van der Waals surface area contributed by atoms with Crippen molar-refractivity contribution in [3.63, 3.8) is 0 Å². The molecule has 0 aromatic heterocycles. The summed E-state index contributed by atoms with van der Waals surface area (Å²) in [5, 5.41) is 2.65. The number of carbonyl (C=O) groups excluding carboxylic acids is 1. The van der Waals surface area contributed by atoms with Crippen LogP contribution in [0.2, 0.25) is 0 Å². The van der Waals surface area contributed by atoms with E-state index in [1.807, 2.05) is 0 Å². The number of hydrogen-bond acceptors (Lipinski definition) is 4. The van der Waals surface area contributed by atoms with Gasteiger partial charge >= 0.3 is 7.60 Å². The summed E-state index contributed by atoms with van der Waals surface area (Å²) < 4.78 is 22.7. The number of alkyl halides is 1. The third-order valence-electron chi connectivity index (χ3n) is 1.33. The Morgan fingerprint density at radius 1 is 1.25 bits per heavy atom. The summed E-state index contributed by atoms with van der Waals surface area (Å²) in [4.78, 5) is 11.0. The lowest BCUT2D eigenvalue weighted by atomic mass is 10.5. The van der Waals surface area contributed by atoms with E-state index in [1.165, 1.54) is 0 Å². The summed E-state index contributed by atoms with van der Waals surface area (Å²) in [6.45, 7) is 7.07. The van der Waals surface area contributed by atoms with Crippen molar-refractivity contribution in [3.05, 3.63) is 0 Å². The molecule has 0 aliphatic rings. The molecule has 0 unspecified atom stereocenters. The van der Waals surface area contributed by atoms with E-state index < -0.39 is 7.60 Å². The quantitative estimate of drug-likeness (QED) is 0.579. The normalized spacial score (nSPS) is 12.2. The van der Waals surface area contributed by atoms with Gasteiger partial charge in [0.15, 0.2) is 0 Å². The Morgan fingerprint density at radius 2 is 1.69 bits per heavy atom. The second kappa shape index (κ2) is 7.43. The zero-order valence-electron chi connectivity index (χ0n) is 10.0. The van der Waals surface area contributed by atoms with E-state index in [-0.39, 0.29) is 29.7 Å². The van der Waals surface area contributed by atoms with Crippen LogP contribution in [0.1, 0.15) is 27.7 Å². The highest BCUT2D eigenvalue weighted by Gasteiger charge is 2.28. The van der Waals surface area contributed by atoms with Crippen LogP contribution >= 0.6 is 23.5 Å². The van der Waals surface area contributed by atoms with E-state index in [1.54, 1.807) is 27.7 Å². The van der Waals surface area contributed by atoms with Crippen LogP contribution in [0.3, 0.4) is 0 Å². The number of hydrogen-bond donors (Lipinski definition) is 1. The standard InChI is InChI=1S/C9H19BrNO4P/c1-7(2)14-16(13,15-8(3)4)6-11-9(12)5-10/h7-8H,5-6H2,1-4H3,(H,11,12). The van der Waals surface area contributed by atoms with Crippen LogP contribution in [0.4, 0.5) is 0 Å². The molecular weight excluding hydrogens is 297 g/mol. The molecule has 0 heterocycles. The van der Waals surface area contributed by atoms with Gasteiger partial charge in [0.2, 0.25) is 5.91 Å². The molecule has 0 bridgehead atoms. The Morgan fingerprint density at radius 3 is 2.00 bits per heavy atom. The van der Waals surface area contributed by atoms with Crippen molar-refractivity contribution in [2.24, 2.45) is 0 Å². The van der Waals surface area contributed by atoms with Gasteiger partial charge < -0.3 is 14.4 Å². The van der Waals surface area contributed by atoms with Crippen LogP contribution in [0, 0.1) is 0 Å². The van der Waals surface area contributed by atoms with Gasteiger partial charge in [0.1, 0.15) is 6.29 Å². The van der Waals surface area contributed by atoms with Crippen LogP contribution in [-0.4, -0.2) is 29.7 Å². The van der Waals surface area contributed by atoms with Gasteiger partial charge in [-0.2, -0.15) is 0 Å². The molecule has 0 saturated heterocycles. The molecule has 0 radical (unpaired) electrons. The average Bonchev–Trinajstić information content (AvgIpc) is 2.11. The van der Waals surface area contributed by atoms with E-state index in [2.05, 4.69) is 21.2 Å². The Kier molecular flexibility index (Phi) is 7.48. The van der Waals surface area contributed by atoms with Crippen LogP contribution in [-0.2, 0) is 18.4 Å². The smallest absolute Gasteiger partial charge is 0.344 e. The van der Waals surface area contributed by atoms with Gasteiger partial charge in [0, 0.05) is 0 Å². The van der Waals surface area contributed by atoms with E-state index in [0.29, 0.717) is 0 Å². The number of nitrogens with one attached hydrogen (secondary N) is 1. The lowest BCUT2D eigenvalue weighted by molar-refractivity contribution is -0.118. The van der Waals surface area contributed by atoms with Crippen molar-refractivity contribution in [1.82, 2.24) is 5.32 Å². The molecule has 5 nitrogen and oxygen atoms in total. The molecule has 0 saturated carbocycles. The summed E-state index contributed by atoms with van der Waals surface area (Å²) in [6.07, 6.45) is -0.538. The molecule has 0 rings (SSSR count). The highest BCUT2D eigenvalue weighted by molar-refractivity contribution is 9.09. The Labute approximate surface area is 105 Å². The summed E-state index contributed by atoms with van der Waals surface area (Å²) in [5.41, 5.74) is 0. The molecule has 0 aromatic rings. The van der Waals surface area contributed by atoms with Crippen molar-refractivity contribution in [1.29, 1.82) is 0 Å². The van der Waals surface area contributed by atoms with E-state index >= 15 is 0 Å². The number of halogens is 1. The lowest BCUT2D eigenvalue weighted by Crippen LogP contribution is -2.27. The van der Waals surface area contributed by atoms with Gasteiger partial charge in [-0.15, -0.1) is 0 Å². The maximum Gasteiger partial charge on any atom is 0.350 e. The molecule has 1 N–H and O–H groups in total. The van der Waals surface area contributed by atoms with Gasteiger partial charge in [-0.25, -0.2) is 0 Å². The van der Waals surface area contributed by atoms with E-state index in [9.17, 15) is 9.36 Å². The number of amides is 1. The van der Waals surface area contributed by atoms with Gasteiger partial charge in [0.05, 0.1) is 17.5 Å². The van der Waals surface area contributed by atoms with Crippen LogP contribution in [0.25, 0.3) is 0 Å². The first-order valence-corrected chi connectivity index (χ1v) is 7.92. The number of rotatable bonds is 7. The Bertz CT molecular complexity index is 256. The van der Waals surface area contributed by atoms with Crippen molar-refractivity contribution >= 4 is 29.4 Å². The van der Waals surface area contributed by atoms with Crippen LogP contribution < -0.4 is 5.32 Å². The highest BCUT2D eigenvalue weighted by Crippen LogP contribution is 2.49. The lowest BCUT2D eigenvalue weighted by Gasteiger charge is -2.22. The zero-order chi connectivity index (χ0) is 12.8. The molecule has 0 aromatic carbocycles. The topological polar surface area (TPSA) is 64.6 Å². The first kappa shape index (κ1) is 16.1. The Balaban J connectivity index is 4.41. The summed E-state index contributed by atoms with van der Waals surface area (Å²) in [7, 11) is -3.25. The van der Waals surface area contributed by atoms with Crippen molar-refractivity contribution in [3.8, 4) is 0 Å². The third-order valence-corrected chi connectivity index (χ3v) is 3.87. The molecule has 0 atom stereocenters.